The molecule has 0 aliphatic carbocycles. The summed E-state index contributed by atoms with van der Waals surface area (Å²) in [6.45, 7) is 6.99. The second-order valence-corrected chi connectivity index (χ2v) is 9.94. The van der Waals surface area contributed by atoms with Crippen molar-refractivity contribution in [2.24, 2.45) is 0 Å². The Balaban J connectivity index is 1.45. The fourth-order valence-corrected chi connectivity index (χ4v) is 4.86. The van der Waals surface area contributed by atoms with Crippen molar-refractivity contribution >= 4 is 40.6 Å². The minimum atomic E-state index is -0.364. The Labute approximate surface area is 226 Å². The molecule has 1 aliphatic heterocycles. The Bertz CT molecular complexity index is 1320. The van der Waals surface area contributed by atoms with Gasteiger partial charge in [0.1, 0.15) is 19.0 Å². The Hall–Kier alpha value is -3.42. The Morgan fingerprint density at radius 3 is 2.46 bits per heavy atom. The number of rotatable bonds is 10. The van der Waals surface area contributed by atoms with Gasteiger partial charge in [0.05, 0.1) is 23.1 Å². The number of imide groups is 1. The quantitative estimate of drug-likeness (QED) is 0.258. The van der Waals surface area contributed by atoms with Crippen molar-refractivity contribution in [2.45, 2.75) is 27.4 Å². The lowest BCUT2D eigenvalue weighted by atomic mass is 10.1. The molecule has 8 heteroatoms. The van der Waals surface area contributed by atoms with E-state index in [-0.39, 0.29) is 24.3 Å². The highest BCUT2D eigenvalue weighted by atomic mass is 35.5. The maximum atomic E-state index is 12.9. The van der Waals surface area contributed by atoms with Crippen molar-refractivity contribution in [2.75, 3.05) is 19.8 Å². The Kier molecular flexibility index (Phi) is 8.79. The van der Waals surface area contributed by atoms with Crippen LogP contribution in [0, 0.1) is 13.8 Å². The van der Waals surface area contributed by atoms with E-state index < -0.39 is 0 Å². The predicted octanol–water partition coefficient (Wildman–Crippen LogP) is 7.05. The molecule has 6 nitrogen and oxygen atoms in total. The summed E-state index contributed by atoms with van der Waals surface area (Å²) >= 11 is 7.45. The first-order valence-corrected chi connectivity index (χ1v) is 13.1. The second-order valence-electron chi connectivity index (χ2n) is 8.54. The molecule has 0 atom stereocenters. The van der Waals surface area contributed by atoms with Crippen LogP contribution >= 0.6 is 23.4 Å². The molecule has 3 aromatic rings. The van der Waals surface area contributed by atoms with Gasteiger partial charge in [0.2, 0.25) is 0 Å². The zero-order chi connectivity index (χ0) is 26.4. The molecule has 0 radical (unpaired) electrons. The SMILES string of the molecule is CCOc1cc(/C=C2\SC(=O)N(CCOc3cccc(C)c3)C2=O)cc(Cl)c1OCc1ccc(C)cc1. The second kappa shape index (κ2) is 12.2. The number of thioether (sulfide) groups is 1. The highest BCUT2D eigenvalue weighted by molar-refractivity contribution is 8.18. The number of hydrogen-bond donors (Lipinski definition) is 0. The number of hydrogen-bond acceptors (Lipinski definition) is 6. The molecule has 1 aliphatic rings. The largest absolute Gasteiger partial charge is 0.492 e. The van der Waals surface area contributed by atoms with Gasteiger partial charge in [-0.1, -0.05) is 53.6 Å². The van der Waals surface area contributed by atoms with Crippen LogP contribution in [0.1, 0.15) is 29.2 Å². The molecular formula is C29H28ClNO5S. The molecular weight excluding hydrogens is 510 g/mol. The van der Waals surface area contributed by atoms with Crippen LogP contribution in [-0.4, -0.2) is 35.8 Å². The zero-order valence-corrected chi connectivity index (χ0v) is 22.5. The van der Waals surface area contributed by atoms with Crippen LogP contribution in [0.4, 0.5) is 4.79 Å². The number of benzene rings is 3. The van der Waals surface area contributed by atoms with E-state index in [1.54, 1.807) is 18.2 Å². The first-order chi connectivity index (χ1) is 17.8. The number of carbonyl (C=O) groups is 2. The van der Waals surface area contributed by atoms with Gasteiger partial charge in [0, 0.05) is 0 Å². The van der Waals surface area contributed by atoms with Crippen LogP contribution in [0.15, 0.2) is 65.6 Å². The first kappa shape index (κ1) is 26.6. The normalized spacial score (nSPS) is 14.4. The number of carbonyl (C=O) groups excluding carboxylic acids is 2. The molecule has 37 heavy (non-hydrogen) atoms. The van der Waals surface area contributed by atoms with Gasteiger partial charge in [-0.2, -0.15) is 0 Å². The van der Waals surface area contributed by atoms with Crippen molar-refractivity contribution in [1.29, 1.82) is 0 Å². The van der Waals surface area contributed by atoms with Crippen molar-refractivity contribution in [3.63, 3.8) is 0 Å². The first-order valence-electron chi connectivity index (χ1n) is 11.9. The number of halogens is 1. The standard InChI is InChI=1S/C29H28ClNO5S/c1-4-34-25-16-22(15-24(30)27(25)36-18-21-10-8-19(2)9-11-21)17-26-28(32)31(29(33)37-26)12-13-35-23-7-5-6-20(3)14-23/h5-11,14-17H,4,12-13,18H2,1-3H3/b26-17-. The van der Waals surface area contributed by atoms with Gasteiger partial charge in [-0.05, 0) is 79.6 Å². The van der Waals surface area contributed by atoms with Crippen LogP contribution in [0.25, 0.3) is 6.08 Å². The van der Waals surface area contributed by atoms with Gasteiger partial charge in [-0.25, -0.2) is 0 Å². The Morgan fingerprint density at radius 2 is 1.73 bits per heavy atom. The number of aryl methyl sites for hydroxylation is 2. The number of ether oxygens (including phenoxy) is 3. The summed E-state index contributed by atoms with van der Waals surface area (Å²) in [6, 6.07) is 19.1. The van der Waals surface area contributed by atoms with Crippen molar-refractivity contribution < 1.29 is 23.8 Å². The lowest BCUT2D eigenvalue weighted by Crippen LogP contribution is -2.32. The maximum absolute atomic E-state index is 12.9. The molecule has 0 spiro atoms. The summed E-state index contributed by atoms with van der Waals surface area (Å²) in [7, 11) is 0. The highest BCUT2D eigenvalue weighted by Gasteiger charge is 2.35. The fraction of sp³-hybridized carbons (Fsp3) is 0.241. The third kappa shape index (κ3) is 6.87. The molecule has 192 valence electrons. The summed E-state index contributed by atoms with van der Waals surface area (Å²) in [5.41, 5.74) is 3.89. The third-order valence-corrected chi connectivity index (χ3v) is 6.77. The predicted molar refractivity (Wildman–Crippen MR) is 147 cm³/mol. The molecule has 4 rings (SSSR count). The summed E-state index contributed by atoms with van der Waals surface area (Å²) in [5, 5.41) is 0.0216. The van der Waals surface area contributed by atoms with Gasteiger partial charge < -0.3 is 14.2 Å². The van der Waals surface area contributed by atoms with E-state index in [4.69, 9.17) is 25.8 Å². The van der Waals surface area contributed by atoms with E-state index >= 15 is 0 Å². The van der Waals surface area contributed by atoms with E-state index in [0.717, 1.165) is 22.9 Å². The van der Waals surface area contributed by atoms with Crippen LogP contribution in [0.2, 0.25) is 5.02 Å². The lowest BCUT2D eigenvalue weighted by molar-refractivity contribution is -0.123. The Morgan fingerprint density at radius 1 is 0.946 bits per heavy atom. The summed E-state index contributed by atoms with van der Waals surface area (Å²) in [6.07, 6.45) is 1.64. The van der Waals surface area contributed by atoms with Gasteiger partial charge in [0.15, 0.2) is 11.5 Å². The van der Waals surface area contributed by atoms with Crippen LogP contribution in [0.3, 0.4) is 0 Å². The molecule has 0 aromatic heterocycles. The zero-order valence-electron chi connectivity index (χ0n) is 21.0. The molecule has 2 amide bonds. The van der Waals surface area contributed by atoms with Crippen LogP contribution in [-0.2, 0) is 11.4 Å². The third-order valence-electron chi connectivity index (χ3n) is 5.58. The molecule has 0 N–H and O–H groups in total. The van der Waals surface area contributed by atoms with Crippen LogP contribution in [0.5, 0.6) is 17.2 Å². The van der Waals surface area contributed by atoms with E-state index in [1.165, 1.54) is 10.5 Å². The summed E-state index contributed by atoms with van der Waals surface area (Å²) in [4.78, 5) is 27.0. The molecule has 1 saturated heterocycles. The molecule has 3 aromatic carbocycles. The number of nitrogens with zero attached hydrogens (tertiary/aromatic N) is 1. The summed E-state index contributed by atoms with van der Waals surface area (Å²) in [5.74, 6) is 1.24. The highest BCUT2D eigenvalue weighted by Crippen LogP contribution is 2.39. The minimum Gasteiger partial charge on any atom is -0.492 e. The molecule has 0 bridgehead atoms. The van der Waals surface area contributed by atoms with E-state index in [9.17, 15) is 9.59 Å². The lowest BCUT2D eigenvalue weighted by Gasteiger charge is -2.15. The van der Waals surface area contributed by atoms with E-state index in [0.29, 0.717) is 46.0 Å². The van der Waals surface area contributed by atoms with Crippen molar-refractivity contribution in [3.05, 3.63) is 92.8 Å². The average Bonchev–Trinajstić information content (AvgIpc) is 3.12. The van der Waals surface area contributed by atoms with Gasteiger partial charge >= 0.3 is 0 Å². The van der Waals surface area contributed by atoms with Gasteiger partial charge in [-0.3, -0.25) is 14.5 Å². The average molecular weight is 538 g/mol. The van der Waals surface area contributed by atoms with Crippen LogP contribution < -0.4 is 14.2 Å². The maximum Gasteiger partial charge on any atom is 0.293 e. The summed E-state index contributed by atoms with van der Waals surface area (Å²) < 4.78 is 17.5. The number of amides is 2. The molecule has 0 unspecified atom stereocenters. The minimum absolute atomic E-state index is 0.159. The smallest absolute Gasteiger partial charge is 0.293 e. The van der Waals surface area contributed by atoms with Crippen molar-refractivity contribution in [1.82, 2.24) is 4.90 Å². The van der Waals surface area contributed by atoms with Gasteiger partial charge in [-0.15, -0.1) is 0 Å². The van der Waals surface area contributed by atoms with Gasteiger partial charge in [0.25, 0.3) is 11.1 Å². The topological polar surface area (TPSA) is 65.1 Å². The molecule has 1 heterocycles. The fourth-order valence-electron chi connectivity index (χ4n) is 3.72. The monoisotopic (exact) mass is 537 g/mol. The molecule has 1 fully saturated rings. The van der Waals surface area contributed by atoms with E-state index in [2.05, 4.69) is 0 Å². The van der Waals surface area contributed by atoms with E-state index in [1.807, 2.05) is 69.3 Å². The molecule has 0 saturated carbocycles. The van der Waals surface area contributed by atoms with Crippen molar-refractivity contribution in [3.8, 4) is 17.2 Å².